The maximum absolute atomic E-state index is 4.40. The molecule has 0 bridgehead atoms. The van der Waals surface area contributed by atoms with Crippen LogP contribution in [-0.4, -0.2) is 4.98 Å². The molecular weight excluding hydrogens is 226 g/mol. The second-order valence-corrected chi connectivity index (χ2v) is 4.60. The van der Waals surface area contributed by atoms with E-state index in [0.717, 1.165) is 16.8 Å². The highest BCUT2D eigenvalue weighted by atomic mass is 32.1. The molecule has 1 radical (unpaired) electrons. The predicted molar refractivity (Wildman–Crippen MR) is 71.8 cm³/mol. The second-order valence-electron chi connectivity index (χ2n) is 3.65. The number of nitrogens with zero attached hydrogens (tertiary/aromatic N) is 1. The van der Waals surface area contributed by atoms with Crippen LogP contribution in [0.15, 0.2) is 60.1 Å². The first-order valence-electron chi connectivity index (χ1n) is 5.41. The normalized spacial score (nSPS) is 10.4. The summed E-state index contributed by atoms with van der Waals surface area (Å²) in [7, 11) is 0. The van der Waals surface area contributed by atoms with E-state index in [1.165, 1.54) is 4.88 Å². The zero-order chi connectivity index (χ0) is 11.5. The summed E-state index contributed by atoms with van der Waals surface area (Å²) in [6.07, 6.45) is 1.82. The molecule has 0 aliphatic heterocycles. The van der Waals surface area contributed by atoms with Gasteiger partial charge in [0.2, 0.25) is 0 Å². The van der Waals surface area contributed by atoms with Crippen LogP contribution in [0.25, 0.3) is 21.7 Å². The molecular formula is C15H10NS. The summed E-state index contributed by atoms with van der Waals surface area (Å²) < 4.78 is 0. The van der Waals surface area contributed by atoms with Crippen LogP contribution in [0.4, 0.5) is 0 Å². The quantitative estimate of drug-likeness (QED) is 0.647. The topological polar surface area (TPSA) is 12.9 Å². The van der Waals surface area contributed by atoms with Crippen molar-refractivity contribution in [2.75, 3.05) is 0 Å². The number of aromatic nitrogens is 1. The van der Waals surface area contributed by atoms with Crippen molar-refractivity contribution in [2.24, 2.45) is 0 Å². The molecule has 0 unspecified atom stereocenters. The molecule has 2 heteroatoms. The van der Waals surface area contributed by atoms with Crippen LogP contribution in [0.5, 0.6) is 0 Å². The minimum atomic E-state index is 0.993. The van der Waals surface area contributed by atoms with Crippen LogP contribution < -0.4 is 0 Å². The Balaban J connectivity index is 2.18. The zero-order valence-corrected chi connectivity index (χ0v) is 9.95. The van der Waals surface area contributed by atoms with Crippen molar-refractivity contribution in [3.8, 4) is 21.7 Å². The Kier molecular flexibility index (Phi) is 2.72. The highest BCUT2D eigenvalue weighted by Gasteiger charge is 2.07. The SMILES string of the molecule is [c]1cccc(-c2ccccn2)c1-c1cccs1. The van der Waals surface area contributed by atoms with Crippen LogP contribution in [-0.2, 0) is 0 Å². The molecule has 1 nitrogen and oxygen atoms in total. The van der Waals surface area contributed by atoms with E-state index in [2.05, 4.69) is 34.6 Å². The van der Waals surface area contributed by atoms with Crippen LogP contribution in [0.1, 0.15) is 0 Å². The van der Waals surface area contributed by atoms with Gasteiger partial charge in [0.1, 0.15) is 0 Å². The van der Waals surface area contributed by atoms with Crippen molar-refractivity contribution in [2.45, 2.75) is 0 Å². The van der Waals surface area contributed by atoms with Crippen molar-refractivity contribution in [3.63, 3.8) is 0 Å². The number of hydrogen-bond donors (Lipinski definition) is 0. The van der Waals surface area contributed by atoms with E-state index >= 15 is 0 Å². The summed E-state index contributed by atoms with van der Waals surface area (Å²) >= 11 is 1.73. The summed E-state index contributed by atoms with van der Waals surface area (Å²) in [4.78, 5) is 5.63. The first kappa shape index (κ1) is 10.2. The van der Waals surface area contributed by atoms with Gasteiger partial charge < -0.3 is 0 Å². The third-order valence-corrected chi connectivity index (χ3v) is 3.45. The number of thiophene rings is 1. The predicted octanol–water partition coefficient (Wildman–Crippen LogP) is 4.28. The lowest BCUT2D eigenvalue weighted by molar-refractivity contribution is 1.33. The minimum Gasteiger partial charge on any atom is -0.256 e. The Morgan fingerprint density at radius 1 is 1.00 bits per heavy atom. The second kappa shape index (κ2) is 4.52. The highest BCUT2D eigenvalue weighted by molar-refractivity contribution is 7.13. The largest absolute Gasteiger partial charge is 0.256 e. The van der Waals surface area contributed by atoms with Crippen molar-refractivity contribution in [3.05, 3.63) is 66.2 Å². The Labute approximate surface area is 104 Å². The van der Waals surface area contributed by atoms with Gasteiger partial charge in [-0.2, -0.15) is 0 Å². The van der Waals surface area contributed by atoms with Gasteiger partial charge in [-0.05, 0) is 29.6 Å². The van der Waals surface area contributed by atoms with E-state index in [1.807, 2.05) is 36.5 Å². The summed E-state index contributed by atoms with van der Waals surface area (Å²) in [5.74, 6) is 0. The maximum Gasteiger partial charge on any atom is 0.0708 e. The van der Waals surface area contributed by atoms with Gasteiger partial charge >= 0.3 is 0 Å². The monoisotopic (exact) mass is 236 g/mol. The molecule has 2 aromatic heterocycles. The van der Waals surface area contributed by atoms with Gasteiger partial charge in [0.15, 0.2) is 0 Å². The zero-order valence-electron chi connectivity index (χ0n) is 9.13. The fourth-order valence-corrected chi connectivity index (χ4v) is 2.54. The van der Waals surface area contributed by atoms with Gasteiger partial charge in [0, 0.05) is 22.2 Å². The molecule has 0 saturated carbocycles. The number of rotatable bonds is 2. The molecule has 17 heavy (non-hydrogen) atoms. The van der Waals surface area contributed by atoms with Gasteiger partial charge in [-0.25, -0.2) is 0 Å². The molecule has 0 spiro atoms. The highest BCUT2D eigenvalue weighted by Crippen LogP contribution is 2.32. The third-order valence-electron chi connectivity index (χ3n) is 2.56. The summed E-state index contributed by atoms with van der Waals surface area (Å²) in [5, 5.41) is 2.08. The van der Waals surface area contributed by atoms with Crippen LogP contribution in [0, 0.1) is 6.07 Å². The first-order chi connectivity index (χ1) is 8.45. The molecule has 0 amide bonds. The third kappa shape index (κ3) is 1.99. The van der Waals surface area contributed by atoms with Crippen molar-refractivity contribution >= 4 is 11.3 Å². The molecule has 3 aromatic rings. The Morgan fingerprint density at radius 3 is 2.76 bits per heavy atom. The van der Waals surface area contributed by atoms with Gasteiger partial charge in [0.05, 0.1) is 5.69 Å². The van der Waals surface area contributed by atoms with Crippen LogP contribution in [0.3, 0.4) is 0 Å². The fraction of sp³-hybridized carbons (Fsp3) is 0. The molecule has 3 rings (SSSR count). The molecule has 0 aliphatic rings. The summed E-state index contributed by atoms with van der Waals surface area (Å²) in [6.45, 7) is 0. The maximum atomic E-state index is 4.40. The van der Waals surface area contributed by atoms with Crippen LogP contribution in [0.2, 0.25) is 0 Å². The average Bonchev–Trinajstić information content (AvgIpc) is 2.94. The van der Waals surface area contributed by atoms with Crippen molar-refractivity contribution in [1.29, 1.82) is 0 Å². The molecule has 2 heterocycles. The fourth-order valence-electron chi connectivity index (χ4n) is 1.80. The molecule has 81 valence electrons. The lowest BCUT2D eigenvalue weighted by Gasteiger charge is -2.06. The number of hydrogen-bond acceptors (Lipinski definition) is 2. The molecule has 0 atom stereocenters. The Hall–Kier alpha value is -1.93. The van der Waals surface area contributed by atoms with E-state index in [0.29, 0.717) is 0 Å². The standard InChI is InChI=1S/C15H10NS/c1-2-7-13(15-9-5-11-17-15)12(6-1)14-8-3-4-10-16-14/h1-6,8-11H. The van der Waals surface area contributed by atoms with E-state index < -0.39 is 0 Å². The lowest BCUT2D eigenvalue weighted by atomic mass is 10.0. The van der Waals surface area contributed by atoms with Gasteiger partial charge in [-0.1, -0.05) is 30.3 Å². The minimum absolute atomic E-state index is 0.993. The van der Waals surface area contributed by atoms with E-state index in [1.54, 1.807) is 11.3 Å². The smallest absolute Gasteiger partial charge is 0.0708 e. The lowest BCUT2D eigenvalue weighted by Crippen LogP contribution is -1.85. The summed E-state index contributed by atoms with van der Waals surface area (Å²) in [5.41, 5.74) is 3.25. The molecule has 0 aliphatic carbocycles. The van der Waals surface area contributed by atoms with E-state index in [9.17, 15) is 0 Å². The average molecular weight is 236 g/mol. The van der Waals surface area contributed by atoms with Crippen molar-refractivity contribution < 1.29 is 0 Å². The first-order valence-corrected chi connectivity index (χ1v) is 6.29. The number of benzene rings is 1. The van der Waals surface area contributed by atoms with Crippen LogP contribution >= 0.6 is 11.3 Å². The Bertz CT molecular complexity index is 600. The van der Waals surface area contributed by atoms with Gasteiger partial charge in [-0.15, -0.1) is 11.3 Å². The summed E-state index contributed by atoms with van der Waals surface area (Å²) in [6, 6.07) is 19.5. The molecule has 0 saturated heterocycles. The van der Waals surface area contributed by atoms with Gasteiger partial charge in [0.25, 0.3) is 0 Å². The van der Waals surface area contributed by atoms with Crippen molar-refractivity contribution in [1.82, 2.24) is 4.98 Å². The Morgan fingerprint density at radius 2 is 2.00 bits per heavy atom. The molecule has 1 aromatic carbocycles. The van der Waals surface area contributed by atoms with E-state index in [4.69, 9.17) is 0 Å². The van der Waals surface area contributed by atoms with Gasteiger partial charge in [-0.3, -0.25) is 4.98 Å². The molecule has 0 fully saturated rings. The van der Waals surface area contributed by atoms with E-state index in [-0.39, 0.29) is 0 Å². The number of pyridine rings is 1. The molecule has 0 N–H and O–H groups in total.